The van der Waals surface area contributed by atoms with Gasteiger partial charge < -0.3 is 19.2 Å². The van der Waals surface area contributed by atoms with Crippen molar-refractivity contribution in [3.63, 3.8) is 0 Å². The second-order valence-corrected chi connectivity index (χ2v) is 9.61. The van der Waals surface area contributed by atoms with Gasteiger partial charge in [0.25, 0.3) is 0 Å². The van der Waals surface area contributed by atoms with E-state index < -0.39 is 5.60 Å². The van der Waals surface area contributed by atoms with E-state index in [0.717, 1.165) is 58.4 Å². The molecule has 2 atom stereocenters. The minimum absolute atomic E-state index is 0.439. The van der Waals surface area contributed by atoms with Crippen molar-refractivity contribution in [3.8, 4) is 11.4 Å². The molecule has 8 heteroatoms. The number of aromatic amines is 1. The molecule has 0 spiro atoms. The number of nitrogens with one attached hydrogen (secondary N) is 1. The molecule has 0 radical (unpaired) electrons. The maximum Gasteiger partial charge on any atom is 0.166 e. The molecule has 7 rings (SSSR count). The molecule has 0 amide bonds. The van der Waals surface area contributed by atoms with Crippen LogP contribution in [0.3, 0.4) is 0 Å². The summed E-state index contributed by atoms with van der Waals surface area (Å²) in [6.07, 6.45) is 7.61. The first-order chi connectivity index (χ1) is 15.1. The highest BCUT2D eigenvalue weighted by atomic mass is 16.5. The number of hydrogen-bond acceptors (Lipinski definition) is 6. The van der Waals surface area contributed by atoms with E-state index in [9.17, 15) is 0 Å². The van der Waals surface area contributed by atoms with E-state index in [4.69, 9.17) is 19.7 Å². The van der Waals surface area contributed by atoms with Crippen LogP contribution in [-0.2, 0) is 16.9 Å². The standard InChI is InChI=1S/C23H25N7O/c1-23(2)22-26-17-20(29(22)7-8-31-23)27-19(15-10-14-5-6-24-18(14)25-11-15)28-21(17)30-12-13-3-4-16(30)9-13/h5-6,10-11,13,16H,3-4,7-9,12H2,1-2H3,(H,24,25). The molecule has 31 heavy (non-hydrogen) atoms. The number of piperidine rings is 1. The molecule has 2 bridgehead atoms. The lowest BCUT2D eigenvalue weighted by atomic mass is 10.1. The van der Waals surface area contributed by atoms with E-state index in [0.29, 0.717) is 18.5 Å². The van der Waals surface area contributed by atoms with Gasteiger partial charge in [-0.1, -0.05) is 0 Å². The Balaban J connectivity index is 1.48. The van der Waals surface area contributed by atoms with Crippen LogP contribution in [0.5, 0.6) is 0 Å². The van der Waals surface area contributed by atoms with Gasteiger partial charge >= 0.3 is 0 Å². The average molecular weight is 416 g/mol. The van der Waals surface area contributed by atoms with Gasteiger partial charge in [-0.2, -0.15) is 0 Å². The summed E-state index contributed by atoms with van der Waals surface area (Å²) in [6.45, 7) is 6.64. The number of imidazole rings is 1. The number of H-pyrrole nitrogens is 1. The smallest absolute Gasteiger partial charge is 0.166 e. The number of rotatable bonds is 2. The topological polar surface area (TPSA) is 84.8 Å². The quantitative estimate of drug-likeness (QED) is 0.538. The van der Waals surface area contributed by atoms with Gasteiger partial charge in [-0.25, -0.2) is 19.9 Å². The fourth-order valence-electron chi connectivity index (χ4n) is 5.69. The van der Waals surface area contributed by atoms with Gasteiger partial charge in [-0.15, -0.1) is 0 Å². The van der Waals surface area contributed by atoms with E-state index in [1.54, 1.807) is 0 Å². The summed E-state index contributed by atoms with van der Waals surface area (Å²) in [5.74, 6) is 3.39. The minimum Gasteiger partial charge on any atom is -0.366 e. The first kappa shape index (κ1) is 17.7. The summed E-state index contributed by atoms with van der Waals surface area (Å²) in [5.41, 5.74) is 3.18. The molecule has 1 saturated carbocycles. The summed E-state index contributed by atoms with van der Waals surface area (Å²) in [6, 6.07) is 4.70. The molecule has 3 aliphatic rings. The monoisotopic (exact) mass is 415 g/mol. The van der Waals surface area contributed by atoms with Crippen LogP contribution < -0.4 is 4.90 Å². The van der Waals surface area contributed by atoms with Crippen molar-refractivity contribution >= 4 is 28.0 Å². The molecular weight excluding hydrogens is 390 g/mol. The Hall–Kier alpha value is -3.00. The van der Waals surface area contributed by atoms with Crippen LogP contribution in [0.4, 0.5) is 5.82 Å². The van der Waals surface area contributed by atoms with Crippen LogP contribution in [0, 0.1) is 5.92 Å². The third-order valence-corrected chi connectivity index (χ3v) is 7.23. The van der Waals surface area contributed by atoms with E-state index in [1.165, 1.54) is 19.3 Å². The predicted molar refractivity (Wildman–Crippen MR) is 118 cm³/mol. The van der Waals surface area contributed by atoms with Crippen molar-refractivity contribution in [1.82, 2.24) is 29.5 Å². The Morgan fingerprint density at radius 3 is 2.97 bits per heavy atom. The van der Waals surface area contributed by atoms with E-state index in [-0.39, 0.29) is 0 Å². The fraction of sp³-hybridized carbons (Fsp3) is 0.478. The molecule has 4 aromatic rings. The van der Waals surface area contributed by atoms with Gasteiger partial charge in [0.1, 0.15) is 17.1 Å². The lowest BCUT2D eigenvalue weighted by molar-refractivity contribution is -0.0530. The van der Waals surface area contributed by atoms with Crippen LogP contribution >= 0.6 is 0 Å². The zero-order chi connectivity index (χ0) is 20.7. The first-order valence-corrected chi connectivity index (χ1v) is 11.2. The maximum absolute atomic E-state index is 6.03. The van der Waals surface area contributed by atoms with Crippen LogP contribution in [-0.4, -0.2) is 48.7 Å². The van der Waals surface area contributed by atoms with Crippen molar-refractivity contribution < 1.29 is 4.74 Å². The van der Waals surface area contributed by atoms with Crippen molar-refractivity contribution in [2.24, 2.45) is 5.92 Å². The highest BCUT2D eigenvalue weighted by Crippen LogP contribution is 2.43. The Labute approximate surface area is 179 Å². The lowest BCUT2D eigenvalue weighted by Crippen LogP contribution is -2.33. The molecule has 158 valence electrons. The Morgan fingerprint density at radius 1 is 1.19 bits per heavy atom. The Kier molecular flexibility index (Phi) is 3.44. The zero-order valence-corrected chi connectivity index (χ0v) is 17.8. The maximum atomic E-state index is 6.03. The number of aromatic nitrogens is 6. The molecule has 1 saturated heterocycles. The normalized spacial score (nSPS) is 24.4. The second kappa shape index (κ2) is 6.03. The van der Waals surface area contributed by atoms with Gasteiger partial charge in [0.2, 0.25) is 0 Å². The van der Waals surface area contributed by atoms with Crippen molar-refractivity contribution in [2.75, 3.05) is 18.1 Å². The second-order valence-electron chi connectivity index (χ2n) is 9.61. The highest BCUT2D eigenvalue weighted by molar-refractivity contribution is 5.88. The highest BCUT2D eigenvalue weighted by Gasteiger charge is 2.41. The number of nitrogens with zero attached hydrogens (tertiary/aromatic N) is 6. The largest absolute Gasteiger partial charge is 0.366 e. The number of anilines is 1. The summed E-state index contributed by atoms with van der Waals surface area (Å²) in [7, 11) is 0. The van der Waals surface area contributed by atoms with E-state index >= 15 is 0 Å². The van der Waals surface area contributed by atoms with E-state index in [2.05, 4.69) is 39.3 Å². The van der Waals surface area contributed by atoms with Crippen molar-refractivity contribution in [3.05, 3.63) is 30.4 Å². The van der Waals surface area contributed by atoms with Gasteiger partial charge in [0.05, 0.1) is 6.61 Å². The average Bonchev–Trinajstić information content (AvgIpc) is 3.55. The van der Waals surface area contributed by atoms with Crippen LogP contribution in [0.1, 0.15) is 38.9 Å². The third-order valence-electron chi connectivity index (χ3n) is 7.23. The lowest BCUT2D eigenvalue weighted by Gasteiger charge is -2.30. The fourth-order valence-corrected chi connectivity index (χ4v) is 5.69. The number of pyridine rings is 1. The Bertz CT molecular complexity index is 1340. The number of fused-ring (bicyclic) bond motifs is 6. The molecule has 2 fully saturated rings. The van der Waals surface area contributed by atoms with Gasteiger partial charge in [0.15, 0.2) is 22.8 Å². The van der Waals surface area contributed by atoms with Crippen LogP contribution in [0.15, 0.2) is 24.5 Å². The molecule has 6 heterocycles. The van der Waals surface area contributed by atoms with E-state index in [1.807, 2.05) is 18.5 Å². The molecule has 2 aliphatic heterocycles. The Morgan fingerprint density at radius 2 is 2.13 bits per heavy atom. The molecule has 0 aromatic carbocycles. The van der Waals surface area contributed by atoms with Crippen molar-refractivity contribution in [1.29, 1.82) is 0 Å². The zero-order valence-electron chi connectivity index (χ0n) is 17.8. The number of ether oxygens (including phenoxy) is 1. The summed E-state index contributed by atoms with van der Waals surface area (Å²) < 4.78 is 8.26. The summed E-state index contributed by atoms with van der Waals surface area (Å²) in [5, 5.41) is 1.06. The number of hydrogen-bond donors (Lipinski definition) is 1. The molecule has 1 aliphatic carbocycles. The predicted octanol–water partition coefficient (Wildman–Crippen LogP) is 3.62. The molecule has 2 unspecified atom stereocenters. The van der Waals surface area contributed by atoms with Gasteiger partial charge in [-0.3, -0.25) is 0 Å². The first-order valence-electron chi connectivity index (χ1n) is 11.2. The summed E-state index contributed by atoms with van der Waals surface area (Å²) in [4.78, 5) is 25.4. The third kappa shape index (κ3) is 2.51. The molecular formula is C23H25N7O. The van der Waals surface area contributed by atoms with Crippen LogP contribution in [0.2, 0.25) is 0 Å². The molecule has 1 N–H and O–H groups in total. The SMILES string of the molecule is CC1(C)OCCn2c1nc1c(N3CC4CCC3C4)nc(-c3cnc4[nH]ccc4c3)nc12. The summed E-state index contributed by atoms with van der Waals surface area (Å²) >= 11 is 0. The molecule has 4 aromatic heterocycles. The van der Waals surface area contributed by atoms with Gasteiger partial charge in [-0.05, 0) is 51.2 Å². The molecule has 8 nitrogen and oxygen atoms in total. The van der Waals surface area contributed by atoms with Gasteiger partial charge in [0, 0.05) is 42.5 Å². The van der Waals surface area contributed by atoms with Crippen LogP contribution in [0.25, 0.3) is 33.6 Å². The minimum atomic E-state index is -0.439. The van der Waals surface area contributed by atoms with Crippen molar-refractivity contribution in [2.45, 2.75) is 51.3 Å².